The highest BCUT2D eigenvalue weighted by Crippen LogP contribution is 2.38. The zero-order chi connectivity index (χ0) is 17.8. The molecule has 1 aromatic carbocycles. The molecule has 0 atom stereocenters. The van der Waals surface area contributed by atoms with Crippen molar-refractivity contribution in [2.75, 3.05) is 27.9 Å². The Morgan fingerprint density at radius 2 is 1.84 bits per heavy atom. The van der Waals surface area contributed by atoms with Gasteiger partial charge in [0.05, 0.1) is 27.6 Å². The molecule has 1 aliphatic rings. The molecule has 1 aliphatic carbocycles. The second-order valence-electron chi connectivity index (χ2n) is 5.99. The van der Waals surface area contributed by atoms with Gasteiger partial charge in [-0.3, -0.25) is 4.79 Å². The number of furan rings is 1. The molecule has 0 aliphatic heterocycles. The Morgan fingerprint density at radius 1 is 1.16 bits per heavy atom. The predicted octanol–water partition coefficient (Wildman–Crippen LogP) is 3.15. The minimum absolute atomic E-state index is 0.0556. The van der Waals surface area contributed by atoms with Crippen molar-refractivity contribution >= 4 is 5.91 Å². The summed E-state index contributed by atoms with van der Waals surface area (Å²) < 4.78 is 21.4. The standard InChI is InChI=1S/C19H23NO5/c1-22-16-11-13(12-17(23-2)18(16)24-3)8-9-20(14-6-7-14)19(21)15-5-4-10-25-15/h4-5,10-12,14H,6-9H2,1-3H3. The minimum atomic E-state index is -0.0556. The largest absolute Gasteiger partial charge is 0.493 e. The van der Waals surface area contributed by atoms with E-state index in [4.69, 9.17) is 18.6 Å². The summed E-state index contributed by atoms with van der Waals surface area (Å²) in [5.41, 5.74) is 1.02. The number of ether oxygens (including phenoxy) is 3. The van der Waals surface area contributed by atoms with Crippen LogP contribution in [0.25, 0.3) is 0 Å². The summed E-state index contributed by atoms with van der Waals surface area (Å²) in [6.45, 7) is 0.614. The first-order chi connectivity index (χ1) is 12.2. The molecule has 2 aromatic rings. The number of hydrogen-bond donors (Lipinski definition) is 0. The highest BCUT2D eigenvalue weighted by atomic mass is 16.5. The highest BCUT2D eigenvalue weighted by Gasteiger charge is 2.33. The van der Waals surface area contributed by atoms with Crippen LogP contribution < -0.4 is 14.2 Å². The van der Waals surface area contributed by atoms with Crippen LogP contribution in [0, 0.1) is 0 Å². The number of methoxy groups -OCH3 is 3. The van der Waals surface area contributed by atoms with Crippen LogP contribution in [-0.2, 0) is 6.42 Å². The highest BCUT2D eigenvalue weighted by molar-refractivity contribution is 5.91. The molecule has 0 unspecified atom stereocenters. The van der Waals surface area contributed by atoms with Crippen molar-refractivity contribution in [1.29, 1.82) is 0 Å². The lowest BCUT2D eigenvalue weighted by Gasteiger charge is -2.22. The summed E-state index contributed by atoms with van der Waals surface area (Å²) in [5, 5.41) is 0. The quantitative estimate of drug-likeness (QED) is 0.735. The zero-order valence-corrected chi connectivity index (χ0v) is 14.8. The summed E-state index contributed by atoms with van der Waals surface area (Å²) in [4.78, 5) is 14.5. The van der Waals surface area contributed by atoms with E-state index in [2.05, 4.69) is 0 Å². The predicted molar refractivity (Wildman–Crippen MR) is 92.6 cm³/mol. The molecule has 1 heterocycles. The number of carbonyl (C=O) groups is 1. The first kappa shape index (κ1) is 17.2. The fraction of sp³-hybridized carbons (Fsp3) is 0.421. The van der Waals surface area contributed by atoms with E-state index in [0.29, 0.717) is 42.0 Å². The van der Waals surface area contributed by atoms with Crippen molar-refractivity contribution < 1.29 is 23.4 Å². The van der Waals surface area contributed by atoms with Crippen LogP contribution >= 0.6 is 0 Å². The maximum absolute atomic E-state index is 12.6. The molecule has 25 heavy (non-hydrogen) atoms. The van der Waals surface area contributed by atoms with Gasteiger partial charge in [-0.2, -0.15) is 0 Å². The lowest BCUT2D eigenvalue weighted by molar-refractivity contribution is 0.0713. The van der Waals surface area contributed by atoms with Gasteiger partial charge in [0.15, 0.2) is 17.3 Å². The van der Waals surface area contributed by atoms with E-state index in [1.54, 1.807) is 33.5 Å². The molecule has 3 rings (SSSR count). The molecule has 1 amide bonds. The SMILES string of the molecule is COc1cc(CCN(C(=O)c2ccco2)C2CC2)cc(OC)c1OC. The van der Waals surface area contributed by atoms with Gasteiger partial charge in [0.2, 0.25) is 5.75 Å². The Labute approximate surface area is 147 Å². The van der Waals surface area contributed by atoms with E-state index >= 15 is 0 Å². The van der Waals surface area contributed by atoms with Gasteiger partial charge < -0.3 is 23.5 Å². The Hall–Kier alpha value is -2.63. The molecule has 0 radical (unpaired) electrons. The molecule has 6 heteroatoms. The van der Waals surface area contributed by atoms with Crippen LogP contribution in [0.15, 0.2) is 34.9 Å². The van der Waals surface area contributed by atoms with Crippen LogP contribution in [-0.4, -0.2) is 44.7 Å². The van der Waals surface area contributed by atoms with Gasteiger partial charge in [0.1, 0.15) is 0 Å². The first-order valence-electron chi connectivity index (χ1n) is 8.31. The number of carbonyl (C=O) groups excluding carboxylic acids is 1. The zero-order valence-electron chi connectivity index (χ0n) is 14.8. The van der Waals surface area contributed by atoms with Gasteiger partial charge >= 0.3 is 0 Å². The average Bonchev–Trinajstić information content (AvgIpc) is 3.32. The first-order valence-corrected chi connectivity index (χ1v) is 8.31. The second-order valence-corrected chi connectivity index (χ2v) is 5.99. The molecule has 6 nitrogen and oxygen atoms in total. The van der Waals surface area contributed by atoms with Crippen molar-refractivity contribution in [2.45, 2.75) is 25.3 Å². The number of hydrogen-bond acceptors (Lipinski definition) is 5. The maximum Gasteiger partial charge on any atom is 0.289 e. The molecule has 1 aromatic heterocycles. The van der Waals surface area contributed by atoms with Crippen LogP contribution in [0.2, 0.25) is 0 Å². The van der Waals surface area contributed by atoms with E-state index < -0.39 is 0 Å². The molecule has 0 bridgehead atoms. The van der Waals surface area contributed by atoms with Crippen LogP contribution in [0.4, 0.5) is 0 Å². The van der Waals surface area contributed by atoms with Gasteiger partial charge in [-0.05, 0) is 49.1 Å². The molecule has 0 spiro atoms. The second kappa shape index (κ2) is 7.51. The van der Waals surface area contributed by atoms with Gasteiger partial charge in [-0.15, -0.1) is 0 Å². The summed E-state index contributed by atoms with van der Waals surface area (Å²) in [5.74, 6) is 2.13. The van der Waals surface area contributed by atoms with Crippen LogP contribution in [0.3, 0.4) is 0 Å². The van der Waals surface area contributed by atoms with Crippen molar-refractivity contribution in [3.63, 3.8) is 0 Å². The number of amides is 1. The normalized spacial score (nSPS) is 13.4. The Kier molecular flexibility index (Phi) is 5.16. The Bertz CT molecular complexity index is 696. The summed E-state index contributed by atoms with van der Waals surface area (Å²) in [6, 6.07) is 7.59. The molecular weight excluding hydrogens is 322 g/mol. The van der Waals surface area contributed by atoms with E-state index in [-0.39, 0.29) is 5.91 Å². The molecular formula is C19H23NO5. The van der Waals surface area contributed by atoms with Gasteiger partial charge in [-0.25, -0.2) is 0 Å². The molecule has 1 fully saturated rings. The Balaban J connectivity index is 1.76. The van der Waals surface area contributed by atoms with E-state index in [1.165, 1.54) is 6.26 Å². The molecule has 0 saturated heterocycles. The van der Waals surface area contributed by atoms with Crippen LogP contribution in [0.1, 0.15) is 29.0 Å². The summed E-state index contributed by atoms with van der Waals surface area (Å²) in [6.07, 6.45) is 4.31. The Morgan fingerprint density at radius 3 is 2.32 bits per heavy atom. The third-order valence-corrected chi connectivity index (χ3v) is 4.35. The fourth-order valence-electron chi connectivity index (χ4n) is 2.91. The molecule has 134 valence electrons. The van der Waals surface area contributed by atoms with Crippen molar-refractivity contribution in [2.24, 2.45) is 0 Å². The number of benzene rings is 1. The number of rotatable bonds is 8. The van der Waals surface area contributed by atoms with Crippen LogP contribution in [0.5, 0.6) is 17.2 Å². The summed E-state index contributed by atoms with van der Waals surface area (Å²) in [7, 11) is 4.77. The molecule has 0 N–H and O–H groups in total. The van der Waals surface area contributed by atoms with Crippen molar-refractivity contribution in [3.05, 3.63) is 41.9 Å². The molecule has 1 saturated carbocycles. The average molecular weight is 345 g/mol. The smallest absolute Gasteiger partial charge is 0.289 e. The van der Waals surface area contributed by atoms with Gasteiger partial charge in [-0.1, -0.05) is 0 Å². The maximum atomic E-state index is 12.6. The lowest BCUT2D eigenvalue weighted by atomic mass is 10.1. The minimum Gasteiger partial charge on any atom is -0.493 e. The van der Waals surface area contributed by atoms with E-state index in [1.807, 2.05) is 17.0 Å². The van der Waals surface area contributed by atoms with Gasteiger partial charge in [0, 0.05) is 12.6 Å². The third kappa shape index (κ3) is 3.73. The summed E-state index contributed by atoms with van der Waals surface area (Å²) >= 11 is 0. The van der Waals surface area contributed by atoms with E-state index in [0.717, 1.165) is 18.4 Å². The van der Waals surface area contributed by atoms with Gasteiger partial charge in [0.25, 0.3) is 5.91 Å². The lowest BCUT2D eigenvalue weighted by Crippen LogP contribution is -2.34. The topological polar surface area (TPSA) is 61.1 Å². The fourth-order valence-corrected chi connectivity index (χ4v) is 2.91. The third-order valence-electron chi connectivity index (χ3n) is 4.35. The van der Waals surface area contributed by atoms with Crippen molar-refractivity contribution in [3.8, 4) is 17.2 Å². The monoisotopic (exact) mass is 345 g/mol. The number of nitrogens with zero attached hydrogens (tertiary/aromatic N) is 1. The van der Waals surface area contributed by atoms with Crippen molar-refractivity contribution in [1.82, 2.24) is 4.90 Å². The van der Waals surface area contributed by atoms with E-state index in [9.17, 15) is 4.79 Å².